The number of carbonyl (C=O) groups excluding carboxylic acids is 1. The number of rotatable bonds is 4. The average molecular weight is 367 g/mol. The number of hydrogen-bond donors (Lipinski definition) is 1. The molecule has 1 fully saturated rings. The van der Waals surface area contributed by atoms with Gasteiger partial charge in [0.1, 0.15) is 0 Å². The highest BCUT2D eigenvalue weighted by Gasteiger charge is 2.23. The van der Waals surface area contributed by atoms with Crippen molar-refractivity contribution in [1.29, 1.82) is 0 Å². The van der Waals surface area contributed by atoms with Gasteiger partial charge in [0.2, 0.25) is 15.9 Å². The maximum Gasteiger partial charge on any atom is 0.241 e. The molecule has 2 heterocycles. The van der Waals surface area contributed by atoms with Gasteiger partial charge < -0.3 is 4.90 Å². The van der Waals surface area contributed by atoms with Crippen LogP contribution in [0.25, 0.3) is 10.2 Å². The van der Waals surface area contributed by atoms with Gasteiger partial charge in [0, 0.05) is 13.1 Å². The summed E-state index contributed by atoms with van der Waals surface area (Å²) in [6.07, 6.45) is 2.09. The summed E-state index contributed by atoms with van der Waals surface area (Å²) in [5.41, 5.74) is 0.787. The van der Waals surface area contributed by atoms with Gasteiger partial charge in [0.05, 0.1) is 26.7 Å². The van der Waals surface area contributed by atoms with E-state index in [1.807, 2.05) is 6.92 Å². The van der Waals surface area contributed by atoms with Gasteiger partial charge in [0.25, 0.3) is 0 Å². The zero-order chi connectivity index (χ0) is 17.3. The topological polar surface area (TPSA) is 79.4 Å². The highest BCUT2D eigenvalue weighted by atomic mass is 32.2. The molecule has 0 bridgehead atoms. The van der Waals surface area contributed by atoms with Gasteiger partial charge in [-0.25, -0.2) is 18.1 Å². The number of likely N-dealkylation sites (tertiary alicyclic amines) is 1. The van der Waals surface area contributed by atoms with E-state index in [1.54, 1.807) is 17.0 Å². The SMILES string of the molecule is Cc1nc2ccc(S(=O)(=O)NCC(=O)N3CCC[C@@H](C)C3)cc2s1. The minimum absolute atomic E-state index is 0.165. The molecule has 8 heteroatoms. The number of sulfonamides is 1. The van der Waals surface area contributed by atoms with Crippen molar-refractivity contribution < 1.29 is 13.2 Å². The molecule has 3 rings (SSSR count). The van der Waals surface area contributed by atoms with Crippen molar-refractivity contribution in [2.24, 2.45) is 5.92 Å². The molecule has 1 aliphatic heterocycles. The molecule has 1 amide bonds. The summed E-state index contributed by atoms with van der Waals surface area (Å²) in [6, 6.07) is 4.83. The maximum atomic E-state index is 12.4. The number of thiazole rings is 1. The van der Waals surface area contributed by atoms with Crippen LogP contribution in [-0.2, 0) is 14.8 Å². The number of hydrogen-bond acceptors (Lipinski definition) is 5. The highest BCUT2D eigenvalue weighted by Crippen LogP contribution is 2.24. The van der Waals surface area contributed by atoms with Gasteiger partial charge >= 0.3 is 0 Å². The normalized spacial score (nSPS) is 18.9. The molecule has 6 nitrogen and oxygen atoms in total. The van der Waals surface area contributed by atoms with Crippen LogP contribution in [0.4, 0.5) is 0 Å². The first-order chi connectivity index (χ1) is 11.3. The third-order valence-corrected chi connectivity index (χ3v) is 6.53. The van der Waals surface area contributed by atoms with Gasteiger partial charge in [0.15, 0.2) is 0 Å². The summed E-state index contributed by atoms with van der Waals surface area (Å²) in [4.78, 5) is 18.5. The predicted molar refractivity (Wildman–Crippen MR) is 94.5 cm³/mol. The zero-order valence-corrected chi connectivity index (χ0v) is 15.4. The van der Waals surface area contributed by atoms with Crippen molar-refractivity contribution in [2.45, 2.75) is 31.6 Å². The van der Waals surface area contributed by atoms with Gasteiger partial charge in [-0.05, 0) is 43.9 Å². The quantitative estimate of drug-likeness (QED) is 0.898. The lowest BCUT2D eigenvalue weighted by molar-refractivity contribution is -0.131. The lowest BCUT2D eigenvalue weighted by Crippen LogP contribution is -2.44. The first-order valence-corrected chi connectivity index (χ1v) is 10.3. The standard InChI is InChI=1S/C16H21N3O3S2/c1-11-4-3-7-19(10-11)16(20)9-17-24(21,22)13-5-6-14-15(8-13)23-12(2)18-14/h5-6,8,11,17H,3-4,7,9-10H2,1-2H3/t11-/m1/s1. The summed E-state index contributed by atoms with van der Waals surface area (Å²) >= 11 is 1.45. The number of carbonyl (C=O) groups is 1. The third-order valence-electron chi connectivity index (χ3n) is 4.20. The molecule has 0 radical (unpaired) electrons. The fourth-order valence-electron chi connectivity index (χ4n) is 2.96. The Morgan fingerprint density at radius 1 is 1.46 bits per heavy atom. The van der Waals surface area contributed by atoms with Crippen LogP contribution >= 0.6 is 11.3 Å². The largest absolute Gasteiger partial charge is 0.341 e. The number of aryl methyl sites for hydroxylation is 1. The summed E-state index contributed by atoms with van der Waals surface area (Å²) in [5.74, 6) is 0.302. The van der Waals surface area contributed by atoms with Crippen molar-refractivity contribution in [3.8, 4) is 0 Å². The molecule has 1 N–H and O–H groups in total. The second-order valence-electron chi connectivity index (χ2n) is 6.27. The van der Waals surface area contributed by atoms with E-state index in [1.165, 1.54) is 17.4 Å². The molecule has 0 spiro atoms. The molecule has 24 heavy (non-hydrogen) atoms. The van der Waals surface area contributed by atoms with Crippen molar-refractivity contribution in [3.05, 3.63) is 23.2 Å². The fourth-order valence-corrected chi connectivity index (χ4v) is 4.90. The Hall–Kier alpha value is -1.51. The van der Waals surface area contributed by atoms with Crippen LogP contribution in [-0.4, -0.2) is 43.8 Å². The smallest absolute Gasteiger partial charge is 0.241 e. The Bertz CT molecular complexity index is 861. The predicted octanol–water partition coefficient (Wildman–Crippen LogP) is 2.14. The Morgan fingerprint density at radius 3 is 3.00 bits per heavy atom. The van der Waals surface area contributed by atoms with Gasteiger partial charge in [-0.3, -0.25) is 4.79 Å². The van der Waals surface area contributed by atoms with Crippen molar-refractivity contribution in [1.82, 2.24) is 14.6 Å². The molecule has 2 aromatic rings. The summed E-state index contributed by atoms with van der Waals surface area (Å²) in [5, 5.41) is 0.891. The van der Waals surface area contributed by atoms with E-state index in [9.17, 15) is 13.2 Å². The van der Waals surface area contributed by atoms with Crippen molar-refractivity contribution >= 4 is 37.5 Å². The molecule has 1 aromatic carbocycles. The molecule has 0 aliphatic carbocycles. The van der Waals surface area contributed by atoms with E-state index in [4.69, 9.17) is 0 Å². The number of piperidine rings is 1. The Morgan fingerprint density at radius 2 is 2.25 bits per heavy atom. The fraction of sp³-hybridized carbons (Fsp3) is 0.500. The minimum Gasteiger partial charge on any atom is -0.341 e. The van der Waals surface area contributed by atoms with Crippen LogP contribution in [0.5, 0.6) is 0 Å². The number of aromatic nitrogens is 1. The molecule has 1 atom stereocenters. The Balaban J connectivity index is 1.69. The monoisotopic (exact) mass is 367 g/mol. The van der Waals surface area contributed by atoms with Crippen molar-refractivity contribution in [2.75, 3.05) is 19.6 Å². The molecule has 0 unspecified atom stereocenters. The molecule has 1 saturated heterocycles. The van der Waals surface area contributed by atoms with Gasteiger partial charge in [-0.15, -0.1) is 11.3 Å². The number of amides is 1. The van der Waals surface area contributed by atoms with Crippen molar-refractivity contribution in [3.63, 3.8) is 0 Å². The van der Waals surface area contributed by atoms with E-state index in [0.717, 1.165) is 28.1 Å². The van der Waals surface area contributed by atoms with E-state index < -0.39 is 10.0 Å². The lowest BCUT2D eigenvalue weighted by atomic mass is 10.0. The van der Waals surface area contributed by atoms with E-state index in [2.05, 4.69) is 16.6 Å². The highest BCUT2D eigenvalue weighted by molar-refractivity contribution is 7.89. The summed E-state index contributed by atoms with van der Waals surface area (Å²) in [6.45, 7) is 5.20. The lowest BCUT2D eigenvalue weighted by Gasteiger charge is -2.31. The van der Waals surface area contributed by atoms with Crippen LogP contribution in [0, 0.1) is 12.8 Å². The first-order valence-electron chi connectivity index (χ1n) is 8.00. The number of benzene rings is 1. The molecule has 1 aliphatic rings. The van der Waals surface area contributed by atoms with Gasteiger partial charge in [-0.1, -0.05) is 6.92 Å². The third kappa shape index (κ3) is 3.76. The number of nitrogens with one attached hydrogen (secondary N) is 1. The molecule has 130 valence electrons. The second kappa shape index (κ2) is 6.78. The first kappa shape index (κ1) is 17.3. The minimum atomic E-state index is -3.71. The zero-order valence-electron chi connectivity index (χ0n) is 13.8. The van der Waals surface area contributed by atoms with E-state index in [-0.39, 0.29) is 17.3 Å². The van der Waals surface area contributed by atoms with Crippen LogP contribution in [0.2, 0.25) is 0 Å². The Labute approximate surface area is 145 Å². The maximum absolute atomic E-state index is 12.4. The van der Waals surface area contributed by atoms with Crippen LogP contribution < -0.4 is 4.72 Å². The van der Waals surface area contributed by atoms with E-state index >= 15 is 0 Å². The molecule has 0 saturated carbocycles. The molecule has 1 aromatic heterocycles. The Kier molecular flexibility index (Phi) is 4.89. The average Bonchev–Trinajstić information content (AvgIpc) is 2.91. The number of fused-ring (bicyclic) bond motifs is 1. The molecular weight excluding hydrogens is 346 g/mol. The summed E-state index contributed by atoms with van der Waals surface area (Å²) in [7, 11) is -3.71. The van der Waals surface area contributed by atoms with Crippen LogP contribution in [0.15, 0.2) is 23.1 Å². The van der Waals surface area contributed by atoms with Crippen LogP contribution in [0.3, 0.4) is 0 Å². The number of nitrogens with zero attached hydrogens (tertiary/aromatic N) is 2. The van der Waals surface area contributed by atoms with Gasteiger partial charge in [-0.2, -0.15) is 0 Å². The summed E-state index contributed by atoms with van der Waals surface area (Å²) < 4.78 is 28.1. The molecular formula is C16H21N3O3S2. The van der Waals surface area contributed by atoms with E-state index in [0.29, 0.717) is 19.0 Å². The second-order valence-corrected chi connectivity index (χ2v) is 9.28. The van der Waals surface area contributed by atoms with Crippen LogP contribution in [0.1, 0.15) is 24.8 Å².